The van der Waals surface area contributed by atoms with Gasteiger partial charge in [-0.2, -0.15) is 0 Å². The SMILES string of the molecule is CC(O)c1ccc(NC(=O)N(C)CC2CCCOC2)cc1. The van der Waals surface area contributed by atoms with Gasteiger partial charge in [0.15, 0.2) is 0 Å². The zero-order chi connectivity index (χ0) is 15.2. The number of carbonyl (C=O) groups is 1. The molecule has 0 bridgehead atoms. The van der Waals surface area contributed by atoms with E-state index in [1.165, 1.54) is 0 Å². The summed E-state index contributed by atoms with van der Waals surface area (Å²) in [7, 11) is 1.80. The van der Waals surface area contributed by atoms with E-state index in [2.05, 4.69) is 5.32 Å². The number of nitrogens with one attached hydrogen (secondary N) is 1. The molecule has 0 spiro atoms. The Morgan fingerprint density at radius 1 is 1.48 bits per heavy atom. The van der Waals surface area contributed by atoms with E-state index in [1.807, 2.05) is 12.1 Å². The van der Waals surface area contributed by atoms with Gasteiger partial charge in [0.25, 0.3) is 0 Å². The summed E-state index contributed by atoms with van der Waals surface area (Å²) in [5.74, 6) is 0.423. The summed E-state index contributed by atoms with van der Waals surface area (Å²) in [4.78, 5) is 13.8. The van der Waals surface area contributed by atoms with Gasteiger partial charge in [0.1, 0.15) is 0 Å². The standard InChI is InChI=1S/C16H24N2O3/c1-12(19)14-5-7-15(8-6-14)17-16(20)18(2)10-13-4-3-9-21-11-13/h5-8,12-13,19H,3-4,9-11H2,1-2H3,(H,17,20). The van der Waals surface area contributed by atoms with E-state index in [0.29, 0.717) is 12.5 Å². The van der Waals surface area contributed by atoms with Crippen LogP contribution in [0.1, 0.15) is 31.4 Å². The molecule has 1 aliphatic heterocycles. The third-order valence-electron chi connectivity index (χ3n) is 3.78. The van der Waals surface area contributed by atoms with Crippen LogP contribution in [0.4, 0.5) is 10.5 Å². The summed E-state index contributed by atoms with van der Waals surface area (Å²) in [6.45, 7) is 3.99. The minimum atomic E-state index is -0.497. The zero-order valence-electron chi connectivity index (χ0n) is 12.7. The quantitative estimate of drug-likeness (QED) is 0.896. The fourth-order valence-electron chi connectivity index (χ4n) is 2.49. The monoisotopic (exact) mass is 292 g/mol. The van der Waals surface area contributed by atoms with Crippen molar-refractivity contribution in [3.05, 3.63) is 29.8 Å². The summed E-state index contributed by atoms with van der Waals surface area (Å²) < 4.78 is 5.43. The first-order valence-corrected chi connectivity index (χ1v) is 7.44. The number of hydrogen-bond donors (Lipinski definition) is 2. The van der Waals surface area contributed by atoms with E-state index in [0.717, 1.165) is 37.3 Å². The topological polar surface area (TPSA) is 61.8 Å². The molecule has 0 aliphatic carbocycles. The summed E-state index contributed by atoms with van der Waals surface area (Å²) in [6, 6.07) is 7.12. The number of aliphatic hydroxyl groups is 1. The van der Waals surface area contributed by atoms with Crippen molar-refractivity contribution in [2.45, 2.75) is 25.9 Å². The molecule has 1 aromatic rings. The molecular weight excluding hydrogens is 268 g/mol. The van der Waals surface area contributed by atoms with Gasteiger partial charge >= 0.3 is 6.03 Å². The van der Waals surface area contributed by atoms with Crippen LogP contribution in [0, 0.1) is 5.92 Å². The molecule has 2 amide bonds. The lowest BCUT2D eigenvalue weighted by molar-refractivity contribution is 0.0464. The molecule has 1 fully saturated rings. The fraction of sp³-hybridized carbons (Fsp3) is 0.562. The molecule has 0 radical (unpaired) electrons. The number of benzene rings is 1. The Kier molecular flexibility index (Phi) is 5.59. The number of rotatable bonds is 4. The molecule has 21 heavy (non-hydrogen) atoms. The average molecular weight is 292 g/mol. The van der Waals surface area contributed by atoms with Crippen molar-refractivity contribution in [3.8, 4) is 0 Å². The lowest BCUT2D eigenvalue weighted by Gasteiger charge is -2.27. The van der Waals surface area contributed by atoms with Crippen LogP contribution in [0.3, 0.4) is 0 Å². The molecule has 2 rings (SSSR count). The van der Waals surface area contributed by atoms with Gasteiger partial charge in [0.2, 0.25) is 0 Å². The minimum Gasteiger partial charge on any atom is -0.389 e. The second-order valence-electron chi connectivity index (χ2n) is 5.69. The van der Waals surface area contributed by atoms with Crippen molar-refractivity contribution in [2.24, 2.45) is 5.92 Å². The lowest BCUT2D eigenvalue weighted by Crippen LogP contribution is -2.37. The molecular formula is C16H24N2O3. The molecule has 0 saturated carbocycles. The predicted octanol–water partition coefficient (Wildman–Crippen LogP) is 2.63. The highest BCUT2D eigenvalue weighted by molar-refractivity contribution is 5.89. The number of anilines is 1. The Balaban J connectivity index is 1.84. The van der Waals surface area contributed by atoms with Crippen LogP contribution < -0.4 is 5.32 Å². The number of urea groups is 1. The van der Waals surface area contributed by atoms with Gasteiger partial charge in [-0.1, -0.05) is 12.1 Å². The largest absolute Gasteiger partial charge is 0.389 e. The van der Waals surface area contributed by atoms with E-state index >= 15 is 0 Å². The highest BCUT2D eigenvalue weighted by Crippen LogP contribution is 2.17. The molecule has 2 N–H and O–H groups in total. The maximum atomic E-state index is 12.1. The van der Waals surface area contributed by atoms with Crippen molar-refractivity contribution in [1.29, 1.82) is 0 Å². The molecule has 0 aromatic heterocycles. The van der Waals surface area contributed by atoms with Crippen LogP contribution in [0.5, 0.6) is 0 Å². The van der Waals surface area contributed by atoms with Crippen molar-refractivity contribution in [2.75, 3.05) is 32.1 Å². The van der Waals surface area contributed by atoms with Gasteiger partial charge in [0.05, 0.1) is 12.7 Å². The van der Waals surface area contributed by atoms with Gasteiger partial charge in [-0.25, -0.2) is 4.79 Å². The summed E-state index contributed by atoms with van der Waals surface area (Å²) in [5, 5.41) is 12.3. The van der Waals surface area contributed by atoms with Crippen LogP contribution in [-0.2, 0) is 4.74 Å². The molecule has 1 saturated heterocycles. The van der Waals surface area contributed by atoms with Crippen LogP contribution in [0.15, 0.2) is 24.3 Å². The summed E-state index contributed by atoms with van der Waals surface area (Å²) in [5.41, 5.74) is 1.57. The van der Waals surface area contributed by atoms with E-state index in [-0.39, 0.29) is 6.03 Å². The second-order valence-corrected chi connectivity index (χ2v) is 5.69. The smallest absolute Gasteiger partial charge is 0.321 e. The maximum absolute atomic E-state index is 12.1. The highest BCUT2D eigenvalue weighted by Gasteiger charge is 2.18. The Morgan fingerprint density at radius 3 is 2.76 bits per heavy atom. The van der Waals surface area contributed by atoms with Crippen molar-refractivity contribution < 1.29 is 14.6 Å². The van der Waals surface area contributed by atoms with E-state index < -0.39 is 6.10 Å². The number of amides is 2. The number of aliphatic hydroxyl groups excluding tert-OH is 1. The molecule has 2 atom stereocenters. The van der Waals surface area contributed by atoms with Crippen molar-refractivity contribution in [3.63, 3.8) is 0 Å². The number of carbonyl (C=O) groups excluding carboxylic acids is 1. The second kappa shape index (κ2) is 7.43. The third kappa shape index (κ3) is 4.72. The summed E-state index contributed by atoms with van der Waals surface area (Å²) in [6.07, 6.45) is 1.69. The lowest BCUT2D eigenvalue weighted by atomic mass is 10.0. The Hall–Kier alpha value is -1.59. The Labute approximate surface area is 125 Å². The molecule has 2 unspecified atom stereocenters. The van der Waals surface area contributed by atoms with Gasteiger partial charge in [-0.15, -0.1) is 0 Å². The third-order valence-corrected chi connectivity index (χ3v) is 3.78. The molecule has 5 heteroatoms. The number of nitrogens with zero attached hydrogens (tertiary/aromatic N) is 1. The molecule has 1 aromatic carbocycles. The van der Waals surface area contributed by atoms with Gasteiger partial charge in [0, 0.05) is 31.8 Å². The van der Waals surface area contributed by atoms with Crippen molar-refractivity contribution >= 4 is 11.7 Å². The zero-order valence-corrected chi connectivity index (χ0v) is 12.7. The van der Waals surface area contributed by atoms with Crippen LogP contribution >= 0.6 is 0 Å². The Bertz CT molecular complexity index is 453. The summed E-state index contributed by atoms with van der Waals surface area (Å²) >= 11 is 0. The normalized spacial score (nSPS) is 19.9. The van der Waals surface area contributed by atoms with Gasteiger partial charge < -0.3 is 20.1 Å². The van der Waals surface area contributed by atoms with Gasteiger partial charge in [-0.05, 0) is 37.5 Å². The molecule has 5 nitrogen and oxygen atoms in total. The molecule has 1 aliphatic rings. The maximum Gasteiger partial charge on any atom is 0.321 e. The Morgan fingerprint density at radius 2 is 2.19 bits per heavy atom. The van der Waals surface area contributed by atoms with E-state index in [4.69, 9.17) is 4.74 Å². The van der Waals surface area contributed by atoms with Gasteiger partial charge in [-0.3, -0.25) is 0 Å². The van der Waals surface area contributed by atoms with Crippen LogP contribution in [0.25, 0.3) is 0 Å². The fourth-order valence-corrected chi connectivity index (χ4v) is 2.49. The minimum absolute atomic E-state index is 0.120. The van der Waals surface area contributed by atoms with Crippen LogP contribution in [0.2, 0.25) is 0 Å². The van der Waals surface area contributed by atoms with Crippen molar-refractivity contribution in [1.82, 2.24) is 4.90 Å². The predicted molar refractivity (Wildman–Crippen MR) is 82.3 cm³/mol. The van der Waals surface area contributed by atoms with Crippen LogP contribution in [-0.4, -0.2) is 42.8 Å². The number of hydrogen-bond acceptors (Lipinski definition) is 3. The first kappa shape index (κ1) is 15.8. The number of ether oxygens (including phenoxy) is 1. The highest BCUT2D eigenvalue weighted by atomic mass is 16.5. The van der Waals surface area contributed by atoms with E-state index in [1.54, 1.807) is 31.0 Å². The molecule has 116 valence electrons. The first-order valence-electron chi connectivity index (χ1n) is 7.44. The average Bonchev–Trinajstić information content (AvgIpc) is 2.48. The molecule has 1 heterocycles. The first-order chi connectivity index (χ1) is 10.1. The van der Waals surface area contributed by atoms with E-state index in [9.17, 15) is 9.90 Å².